The molecule has 0 heterocycles. The molecule has 0 radical (unpaired) electrons. The van der Waals surface area contributed by atoms with Crippen molar-refractivity contribution in [3.05, 3.63) is 35.6 Å². The van der Waals surface area contributed by atoms with Gasteiger partial charge in [-0.1, -0.05) is 32.0 Å². The molecule has 0 aliphatic carbocycles. The maximum Gasteiger partial charge on any atom is 0.152 e. The molecule has 0 aromatic heterocycles. The van der Waals surface area contributed by atoms with Crippen molar-refractivity contribution < 1.29 is 9.18 Å². The van der Waals surface area contributed by atoms with E-state index in [9.17, 15) is 9.18 Å². The molecule has 0 aliphatic rings. The number of Topliss-reactive ketones (excluding diaryl/α,β-unsaturated/α-hetero) is 1. The lowest BCUT2D eigenvalue weighted by molar-refractivity contribution is -0.124. The number of carbonyl (C=O) groups excluding carboxylic acids is 1. The highest BCUT2D eigenvalue weighted by molar-refractivity contribution is 5.88. The Morgan fingerprint density at radius 2 is 2.00 bits per heavy atom. The Hall–Kier alpha value is -1.22. The van der Waals surface area contributed by atoms with E-state index in [1.54, 1.807) is 18.2 Å². The Morgan fingerprint density at radius 1 is 1.35 bits per heavy atom. The highest BCUT2D eigenvalue weighted by Gasteiger charge is 2.31. The van der Waals surface area contributed by atoms with E-state index in [1.165, 1.54) is 6.07 Å². The molecule has 17 heavy (non-hydrogen) atoms. The predicted molar refractivity (Wildman–Crippen MR) is 67.5 cm³/mol. The molecular weight excluding hydrogens is 217 g/mol. The molecule has 2 nitrogen and oxygen atoms in total. The molecule has 0 aliphatic heterocycles. The molecule has 0 amide bonds. The lowest BCUT2D eigenvalue weighted by atomic mass is 9.87. The third-order valence-corrected chi connectivity index (χ3v) is 3.01. The number of rotatable bonds is 6. The Labute approximate surface area is 102 Å². The molecule has 0 spiro atoms. The fourth-order valence-corrected chi connectivity index (χ4v) is 2.06. The highest BCUT2D eigenvalue weighted by Crippen LogP contribution is 2.18. The third kappa shape index (κ3) is 3.37. The van der Waals surface area contributed by atoms with Crippen molar-refractivity contribution in [3.63, 3.8) is 0 Å². The Balaban J connectivity index is 2.94. The minimum Gasteiger partial charge on any atom is -0.305 e. The van der Waals surface area contributed by atoms with Crippen LogP contribution < -0.4 is 5.32 Å². The number of halogens is 1. The molecule has 3 heteroatoms. The van der Waals surface area contributed by atoms with Gasteiger partial charge in [0.2, 0.25) is 0 Å². The zero-order chi connectivity index (χ0) is 12.9. The second-order valence-corrected chi connectivity index (χ2v) is 4.41. The van der Waals surface area contributed by atoms with Gasteiger partial charge >= 0.3 is 0 Å². The molecule has 1 unspecified atom stereocenters. The number of ketones is 1. The Kier molecular flexibility index (Phi) is 4.82. The number of likely N-dealkylation sites (N-methyl/N-ethyl adjacent to an activating group) is 1. The van der Waals surface area contributed by atoms with E-state index in [0.29, 0.717) is 24.9 Å². The van der Waals surface area contributed by atoms with Crippen LogP contribution in [0.5, 0.6) is 0 Å². The molecule has 1 atom stereocenters. The van der Waals surface area contributed by atoms with Crippen molar-refractivity contribution in [2.45, 2.75) is 39.2 Å². The lowest BCUT2D eigenvalue weighted by Gasteiger charge is -2.29. The van der Waals surface area contributed by atoms with Gasteiger partial charge < -0.3 is 5.32 Å². The van der Waals surface area contributed by atoms with Crippen molar-refractivity contribution in [1.82, 2.24) is 5.32 Å². The summed E-state index contributed by atoms with van der Waals surface area (Å²) in [5, 5.41) is 3.17. The van der Waals surface area contributed by atoms with E-state index in [0.717, 1.165) is 0 Å². The number of benzene rings is 1. The van der Waals surface area contributed by atoms with Crippen molar-refractivity contribution in [1.29, 1.82) is 0 Å². The summed E-state index contributed by atoms with van der Waals surface area (Å²) in [6.45, 7) is 6.31. The van der Waals surface area contributed by atoms with E-state index in [1.807, 2.05) is 20.8 Å². The molecular formula is C14H20FNO. The summed E-state index contributed by atoms with van der Waals surface area (Å²) in [6.07, 6.45) is 0.845. The summed E-state index contributed by atoms with van der Waals surface area (Å²) in [4.78, 5) is 12.0. The molecule has 1 N–H and O–H groups in total. The van der Waals surface area contributed by atoms with Crippen LogP contribution in [0.1, 0.15) is 32.8 Å². The maximum absolute atomic E-state index is 13.6. The molecule has 0 saturated heterocycles. The van der Waals surface area contributed by atoms with Gasteiger partial charge in [0.1, 0.15) is 5.82 Å². The minimum atomic E-state index is -0.675. The van der Waals surface area contributed by atoms with E-state index >= 15 is 0 Å². The first-order valence-corrected chi connectivity index (χ1v) is 6.05. The minimum absolute atomic E-state index is 0.114. The van der Waals surface area contributed by atoms with Crippen LogP contribution in [-0.4, -0.2) is 17.9 Å². The first-order chi connectivity index (χ1) is 8.03. The van der Waals surface area contributed by atoms with Gasteiger partial charge in [0.15, 0.2) is 5.78 Å². The van der Waals surface area contributed by atoms with Gasteiger partial charge in [-0.05, 0) is 25.1 Å². The van der Waals surface area contributed by atoms with E-state index < -0.39 is 5.54 Å². The van der Waals surface area contributed by atoms with Crippen molar-refractivity contribution in [2.24, 2.45) is 0 Å². The van der Waals surface area contributed by atoms with Crippen LogP contribution in [0.15, 0.2) is 24.3 Å². The molecule has 0 bridgehead atoms. The summed E-state index contributed by atoms with van der Waals surface area (Å²) in [7, 11) is 0. The second-order valence-electron chi connectivity index (χ2n) is 4.41. The summed E-state index contributed by atoms with van der Waals surface area (Å²) >= 11 is 0. The van der Waals surface area contributed by atoms with Crippen LogP contribution in [0, 0.1) is 5.82 Å². The summed E-state index contributed by atoms with van der Waals surface area (Å²) in [5.74, 6) is -0.136. The third-order valence-electron chi connectivity index (χ3n) is 3.01. The monoisotopic (exact) mass is 237 g/mol. The smallest absolute Gasteiger partial charge is 0.152 e. The zero-order valence-corrected chi connectivity index (χ0v) is 10.7. The summed E-state index contributed by atoms with van der Waals surface area (Å²) in [5.41, 5.74) is -0.0937. The number of hydrogen-bond acceptors (Lipinski definition) is 2. The van der Waals surface area contributed by atoms with Gasteiger partial charge in [-0.25, -0.2) is 4.39 Å². The Morgan fingerprint density at radius 3 is 2.53 bits per heavy atom. The van der Waals surface area contributed by atoms with Crippen LogP contribution in [0.25, 0.3) is 0 Å². The van der Waals surface area contributed by atoms with Crippen LogP contribution in [0.3, 0.4) is 0 Å². The average molecular weight is 237 g/mol. The molecule has 1 rings (SSSR count). The van der Waals surface area contributed by atoms with Gasteiger partial charge in [0.25, 0.3) is 0 Å². The average Bonchev–Trinajstić information content (AvgIpc) is 2.31. The molecule has 1 aromatic rings. The SMILES string of the molecule is CCNC(C)(Cc1ccccc1F)C(=O)CC. The molecule has 94 valence electrons. The highest BCUT2D eigenvalue weighted by atomic mass is 19.1. The summed E-state index contributed by atoms with van der Waals surface area (Å²) < 4.78 is 13.6. The lowest BCUT2D eigenvalue weighted by Crippen LogP contribution is -2.51. The van der Waals surface area contributed by atoms with Crippen molar-refractivity contribution >= 4 is 5.78 Å². The fourth-order valence-electron chi connectivity index (χ4n) is 2.06. The van der Waals surface area contributed by atoms with Crippen LogP contribution in [0.4, 0.5) is 4.39 Å². The topological polar surface area (TPSA) is 29.1 Å². The fraction of sp³-hybridized carbons (Fsp3) is 0.500. The van der Waals surface area contributed by atoms with Crippen LogP contribution in [-0.2, 0) is 11.2 Å². The quantitative estimate of drug-likeness (QED) is 0.824. The zero-order valence-electron chi connectivity index (χ0n) is 10.7. The standard InChI is InChI=1S/C14H20FNO/c1-4-13(17)14(3,16-5-2)10-11-8-6-7-9-12(11)15/h6-9,16H,4-5,10H2,1-3H3. The predicted octanol–water partition coefficient (Wildman–Crippen LogP) is 2.72. The van der Waals surface area contributed by atoms with Gasteiger partial charge in [-0.3, -0.25) is 4.79 Å². The van der Waals surface area contributed by atoms with E-state index in [2.05, 4.69) is 5.32 Å². The largest absolute Gasteiger partial charge is 0.305 e. The summed E-state index contributed by atoms with van der Waals surface area (Å²) in [6, 6.07) is 6.61. The first-order valence-electron chi connectivity index (χ1n) is 6.05. The van der Waals surface area contributed by atoms with Gasteiger partial charge in [0.05, 0.1) is 5.54 Å². The van der Waals surface area contributed by atoms with Crippen LogP contribution in [0.2, 0.25) is 0 Å². The van der Waals surface area contributed by atoms with E-state index in [-0.39, 0.29) is 11.6 Å². The number of carbonyl (C=O) groups is 1. The molecule has 0 saturated carbocycles. The number of nitrogens with one attached hydrogen (secondary N) is 1. The molecule has 0 fully saturated rings. The van der Waals surface area contributed by atoms with Crippen molar-refractivity contribution in [2.75, 3.05) is 6.54 Å². The Bertz CT molecular complexity index is 392. The molecule has 1 aromatic carbocycles. The normalized spacial score (nSPS) is 14.4. The van der Waals surface area contributed by atoms with E-state index in [4.69, 9.17) is 0 Å². The van der Waals surface area contributed by atoms with Gasteiger partial charge in [-0.15, -0.1) is 0 Å². The van der Waals surface area contributed by atoms with Gasteiger partial charge in [0, 0.05) is 12.8 Å². The van der Waals surface area contributed by atoms with Crippen LogP contribution >= 0.6 is 0 Å². The number of hydrogen-bond donors (Lipinski definition) is 1. The van der Waals surface area contributed by atoms with Crippen molar-refractivity contribution in [3.8, 4) is 0 Å². The van der Waals surface area contributed by atoms with Gasteiger partial charge in [-0.2, -0.15) is 0 Å². The second kappa shape index (κ2) is 5.92. The first kappa shape index (κ1) is 13.8. The maximum atomic E-state index is 13.6.